The Morgan fingerprint density at radius 2 is 1.61 bits per heavy atom. The van der Waals surface area contributed by atoms with E-state index in [1.807, 2.05) is 54.6 Å². The van der Waals surface area contributed by atoms with Gasteiger partial charge < -0.3 is 19.9 Å². The molecule has 6 nitrogen and oxygen atoms in total. The number of hydrogen-bond acceptors (Lipinski definition) is 5. The van der Waals surface area contributed by atoms with E-state index in [1.54, 1.807) is 24.3 Å². The van der Waals surface area contributed by atoms with E-state index < -0.39 is 29.3 Å². The molecular weight excluding hydrogens is 637 g/mol. The normalized spacial score (nSPS) is 17.9. The second-order valence-corrected chi connectivity index (χ2v) is 11.2. The lowest BCUT2D eigenvalue weighted by atomic mass is 9.82. The molecule has 0 spiro atoms. The predicted octanol–water partition coefficient (Wildman–Crippen LogP) is 7.05. The van der Waals surface area contributed by atoms with Crippen LogP contribution in [0.25, 0.3) is 0 Å². The van der Waals surface area contributed by atoms with E-state index in [0.29, 0.717) is 29.9 Å². The van der Waals surface area contributed by atoms with E-state index in [-0.39, 0.29) is 25.5 Å². The van der Waals surface area contributed by atoms with Crippen molar-refractivity contribution in [2.24, 2.45) is 4.99 Å². The van der Waals surface area contributed by atoms with Crippen LogP contribution in [0, 0.1) is 0 Å². The van der Waals surface area contributed by atoms with Crippen molar-refractivity contribution in [1.82, 2.24) is 5.32 Å². The van der Waals surface area contributed by atoms with E-state index >= 15 is 0 Å². The standard InChI is InChI=1S/C34H30BrF3N2O4/c35-29-10-5-4-9-28(29)30-33(21-23-7-2-1-3-8-23,32(42)39-22-24-11-15-26(16-12-24)34(36,37)38)40-31(44-30)25-13-17-27(18-14-25)43-20-6-19-41/h1-5,7-18,30,41H,6,19-22H2,(H,39,42)/t30-,33-/m1/s1. The van der Waals surface area contributed by atoms with Crippen molar-refractivity contribution in [2.75, 3.05) is 13.2 Å². The quantitative estimate of drug-likeness (QED) is 0.168. The molecule has 0 saturated carbocycles. The highest BCUT2D eigenvalue weighted by Gasteiger charge is 2.53. The minimum atomic E-state index is -4.45. The van der Waals surface area contributed by atoms with Gasteiger partial charge in [-0.1, -0.05) is 76.6 Å². The van der Waals surface area contributed by atoms with Crippen LogP contribution in [0.1, 0.15) is 40.3 Å². The van der Waals surface area contributed by atoms with Gasteiger partial charge in [0, 0.05) is 41.6 Å². The summed E-state index contributed by atoms with van der Waals surface area (Å²) in [5.41, 5.74) is 0.514. The summed E-state index contributed by atoms with van der Waals surface area (Å²) in [7, 11) is 0. The Bertz CT molecular complexity index is 1600. The number of ether oxygens (including phenoxy) is 2. The zero-order chi connectivity index (χ0) is 31.2. The molecule has 2 atom stereocenters. The molecule has 228 valence electrons. The fourth-order valence-electron chi connectivity index (χ4n) is 5.00. The Hall–Kier alpha value is -4.15. The topological polar surface area (TPSA) is 80.2 Å². The van der Waals surface area contributed by atoms with Crippen LogP contribution in [0.15, 0.2) is 113 Å². The molecule has 0 aliphatic carbocycles. The highest BCUT2D eigenvalue weighted by molar-refractivity contribution is 9.10. The molecule has 0 saturated heterocycles. The number of nitrogens with zero attached hydrogens (tertiary/aromatic N) is 1. The highest BCUT2D eigenvalue weighted by Crippen LogP contribution is 2.44. The van der Waals surface area contributed by atoms with Crippen LogP contribution in [-0.2, 0) is 28.7 Å². The molecule has 44 heavy (non-hydrogen) atoms. The van der Waals surface area contributed by atoms with Gasteiger partial charge >= 0.3 is 6.18 Å². The van der Waals surface area contributed by atoms with Crippen molar-refractivity contribution < 1.29 is 32.5 Å². The molecule has 1 heterocycles. The number of alkyl halides is 3. The van der Waals surface area contributed by atoms with Crippen LogP contribution in [0.5, 0.6) is 5.75 Å². The van der Waals surface area contributed by atoms with Crippen molar-refractivity contribution in [2.45, 2.75) is 37.2 Å². The van der Waals surface area contributed by atoms with Crippen molar-refractivity contribution in [3.8, 4) is 5.75 Å². The van der Waals surface area contributed by atoms with E-state index in [2.05, 4.69) is 21.2 Å². The van der Waals surface area contributed by atoms with E-state index in [9.17, 15) is 18.0 Å². The third-order valence-electron chi connectivity index (χ3n) is 7.27. The number of hydrogen-bond donors (Lipinski definition) is 2. The first kappa shape index (κ1) is 31.3. The van der Waals surface area contributed by atoms with Crippen LogP contribution in [0.4, 0.5) is 13.2 Å². The van der Waals surface area contributed by atoms with E-state index in [1.165, 1.54) is 12.1 Å². The first-order valence-electron chi connectivity index (χ1n) is 14.0. The second-order valence-electron chi connectivity index (χ2n) is 10.4. The molecule has 0 aromatic heterocycles. The SMILES string of the molecule is O=C(NCc1ccc(C(F)(F)F)cc1)[C@]1(Cc2ccccc2)N=C(c2ccc(OCCCO)cc2)O[C@@H]1c1ccccc1Br. The summed E-state index contributed by atoms with van der Waals surface area (Å²) >= 11 is 3.62. The molecular formula is C34H30BrF3N2O4. The molecule has 10 heteroatoms. The molecule has 1 amide bonds. The lowest BCUT2D eigenvalue weighted by Crippen LogP contribution is -2.49. The molecule has 0 unspecified atom stereocenters. The summed E-state index contributed by atoms with van der Waals surface area (Å²) in [6, 6.07) is 28.7. The van der Waals surface area contributed by atoms with Gasteiger partial charge in [0.1, 0.15) is 5.75 Å². The predicted molar refractivity (Wildman–Crippen MR) is 164 cm³/mol. The van der Waals surface area contributed by atoms with Gasteiger partial charge in [0.05, 0.1) is 12.2 Å². The van der Waals surface area contributed by atoms with Gasteiger partial charge in [0.25, 0.3) is 5.91 Å². The monoisotopic (exact) mass is 666 g/mol. The molecule has 2 N–H and O–H groups in total. The first-order chi connectivity index (χ1) is 21.2. The Morgan fingerprint density at radius 1 is 0.932 bits per heavy atom. The third-order valence-corrected chi connectivity index (χ3v) is 7.99. The molecule has 0 radical (unpaired) electrons. The highest BCUT2D eigenvalue weighted by atomic mass is 79.9. The molecule has 4 aromatic carbocycles. The van der Waals surface area contributed by atoms with Gasteiger partial charge in [-0.15, -0.1) is 0 Å². The fraction of sp³-hybridized carbons (Fsp3) is 0.235. The minimum absolute atomic E-state index is 0.000911. The maximum absolute atomic E-state index is 14.3. The number of aliphatic hydroxyl groups is 1. The van der Waals surface area contributed by atoms with Crippen LogP contribution < -0.4 is 10.1 Å². The molecule has 0 bridgehead atoms. The molecule has 5 rings (SSSR count). The number of halogens is 4. The minimum Gasteiger partial charge on any atom is -0.494 e. The largest absolute Gasteiger partial charge is 0.494 e. The van der Waals surface area contributed by atoms with Crippen LogP contribution >= 0.6 is 15.9 Å². The smallest absolute Gasteiger partial charge is 0.416 e. The Balaban J connectivity index is 1.52. The van der Waals surface area contributed by atoms with Crippen molar-refractivity contribution in [3.05, 3.63) is 135 Å². The summed E-state index contributed by atoms with van der Waals surface area (Å²) in [6.45, 7) is 0.404. The molecule has 1 aliphatic rings. The number of amides is 1. The first-order valence-corrected chi connectivity index (χ1v) is 14.8. The summed E-state index contributed by atoms with van der Waals surface area (Å²) in [6.07, 6.45) is -4.57. The van der Waals surface area contributed by atoms with Crippen LogP contribution in [-0.4, -0.2) is 35.7 Å². The number of carbonyl (C=O) groups is 1. The molecule has 1 aliphatic heterocycles. The van der Waals surface area contributed by atoms with Gasteiger partial charge in [-0.25, -0.2) is 4.99 Å². The van der Waals surface area contributed by atoms with Gasteiger partial charge in [0.15, 0.2) is 11.6 Å². The number of aliphatic hydroxyl groups excluding tert-OH is 1. The number of rotatable bonds is 11. The van der Waals surface area contributed by atoms with E-state index in [0.717, 1.165) is 27.7 Å². The van der Waals surface area contributed by atoms with Crippen molar-refractivity contribution in [1.29, 1.82) is 0 Å². The lowest BCUT2D eigenvalue weighted by Gasteiger charge is -2.31. The Labute approximate surface area is 261 Å². The fourth-order valence-corrected chi connectivity index (χ4v) is 5.49. The van der Waals surface area contributed by atoms with Crippen molar-refractivity contribution >= 4 is 27.7 Å². The lowest BCUT2D eigenvalue weighted by molar-refractivity contribution is -0.137. The van der Waals surface area contributed by atoms with Crippen molar-refractivity contribution in [3.63, 3.8) is 0 Å². The number of carbonyl (C=O) groups excluding carboxylic acids is 1. The Kier molecular flexibility index (Phi) is 9.71. The van der Waals surface area contributed by atoms with Gasteiger partial charge in [-0.2, -0.15) is 13.2 Å². The maximum atomic E-state index is 14.3. The van der Waals surface area contributed by atoms with Gasteiger partial charge in [-0.3, -0.25) is 4.79 Å². The van der Waals surface area contributed by atoms with Crippen LogP contribution in [0.3, 0.4) is 0 Å². The summed E-state index contributed by atoms with van der Waals surface area (Å²) < 4.78 is 52.2. The molecule has 4 aromatic rings. The number of nitrogens with one attached hydrogen (secondary N) is 1. The average molecular weight is 668 g/mol. The maximum Gasteiger partial charge on any atom is 0.416 e. The molecule has 0 fully saturated rings. The number of benzene rings is 4. The summed E-state index contributed by atoms with van der Waals surface area (Å²) in [5, 5.41) is 11.9. The average Bonchev–Trinajstić information content (AvgIpc) is 3.41. The van der Waals surface area contributed by atoms with E-state index in [4.69, 9.17) is 19.6 Å². The zero-order valence-electron chi connectivity index (χ0n) is 23.6. The summed E-state index contributed by atoms with van der Waals surface area (Å²) in [5.74, 6) is 0.460. The summed E-state index contributed by atoms with van der Waals surface area (Å²) in [4.78, 5) is 19.3. The Morgan fingerprint density at radius 3 is 2.27 bits per heavy atom. The van der Waals surface area contributed by atoms with Crippen LogP contribution in [0.2, 0.25) is 0 Å². The number of aliphatic imine (C=N–C) groups is 1. The zero-order valence-corrected chi connectivity index (χ0v) is 25.1. The van der Waals surface area contributed by atoms with Gasteiger partial charge in [-0.05, 0) is 53.6 Å². The third kappa shape index (κ3) is 7.14. The van der Waals surface area contributed by atoms with Gasteiger partial charge in [0.2, 0.25) is 5.90 Å². The second kappa shape index (κ2) is 13.7.